The number of carbonyl (C=O) groups is 3. The van der Waals surface area contributed by atoms with Gasteiger partial charge in [0.05, 0.1) is 12.2 Å². The van der Waals surface area contributed by atoms with Crippen molar-refractivity contribution in [2.45, 2.75) is 12.8 Å². The number of para-hydroxylation sites is 1. The Bertz CT molecular complexity index is 809. The second-order valence-corrected chi connectivity index (χ2v) is 7.00. The maximum Gasteiger partial charge on any atom is 0.244 e. The van der Waals surface area contributed by atoms with Gasteiger partial charge >= 0.3 is 0 Å². The van der Waals surface area contributed by atoms with E-state index >= 15 is 0 Å². The summed E-state index contributed by atoms with van der Waals surface area (Å²) in [6, 6.07) is 13.7. The van der Waals surface area contributed by atoms with Crippen molar-refractivity contribution in [1.29, 1.82) is 0 Å². The van der Waals surface area contributed by atoms with E-state index in [0.29, 0.717) is 16.3 Å². The summed E-state index contributed by atoms with van der Waals surface area (Å²) in [6.45, 7) is -0.0880. The van der Waals surface area contributed by atoms with Crippen LogP contribution in [0.25, 0.3) is 0 Å². The zero-order valence-electron chi connectivity index (χ0n) is 14.2. The Labute approximate surface area is 165 Å². The van der Waals surface area contributed by atoms with Crippen molar-refractivity contribution in [3.05, 3.63) is 63.6 Å². The number of carbonyl (C=O) groups excluding carboxylic acids is 3. The van der Waals surface area contributed by atoms with Crippen LogP contribution in [0.15, 0.2) is 53.0 Å². The largest absolute Gasteiger partial charge is 0.336 e. The molecule has 0 aliphatic heterocycles. The van der Waals surface area contributed by atoms with E-state index in [1.165, 1.54) is 11.9 Å². The average Bonchev–Trinajstić information content (AvgIpc) is 2.61. The molecule has 26 heavy (non-hydrogen) atoms. The zero-order chi connectivity index (χ0) is 19.1. The number of amides is 2. The van der Waals surface area contributed by atoms with Gasteiger partial charge in [-0.15, -0.1) is 0 Å². The van der Waals surface area contributed by atoms with Crippen LogP contribution in [-0.4, -0.2) is 36.1 Å². The van der Waals surface area contributed by atoms with Crippen LogP contribution in [-0.2, 0) is 9.59 Å². The Balaban J connectivity index is 1.81. The molecule has 0 atom stereocenters. The summed E-state index contributed by atoms with van der Waals surface area (Å²) in [5.41, 5.74) is 1.15. The summed E-state index contributed by atoms with van der Waals surface area (Å²) in [5, 5.41) is 3.28. The summed E-state index contributed by atoms with van der Waals surface area (Å²) in [4.78, 5) is 37.6. The standard InChI is InChI=1S/C19H18BrClN2O3/c1-23(12-18(25)22-16-5-3-2-4-15(16)20)19(26)11-10-17(24)13-6-8-14(21)9-7-13/h2-9H,10-12H2,1H3,(H,22,25). The smallest absolute Gasteiger partial charge is 0.244 e. The number of ketones is 1. The van der Waals surface area contributed by atoms with Crippen LogP contribution in [0.2, 0.25) is 5.02 Å². The molecular formula is C19H18BrClN2O3. The summed E-state index contributed by atoms with van der Waals surface area (Å²) in [5.74, 6) is -0.715. The molecule has 0 aliphatic rings. The summed E-state index contributed by atoms with van der Waals surface area (Å²) >= 11 is 9.14. The maximum atomic E-state index is 12.2. The van der Waals surface area contributed by atoms with Gasteiger partial charge in [0.1, 0.15) is 0 Å². The average molecular weight is 438 g/mol. The number of nitrogens with one attached hydrogen (secondary N) is 1. The topological polar surface area (TPSA) is 66.5 Å². The second kappa shape index (κ2) is 9.50. The number of rotatable bonds is 7. The van der Waals surface area contributed by atoms with Gasteiger partial charge in [-0.3, -0.25) is 14.4 Å². The third-order valence-corrected chi connectivity index (χ3v) is 4.63. The Kier molecular flexibility index (Phi) is 7.36. The SMILES string of the molecule is CN(CC(=O)Nc1ccccc1Br)C(=O)CCC(=O)c1ccc(Cl)cc1. The van der Waals surface area contributed by atoms with E-state index in [1.807, 2.05) is 12.1 Å². The van der Waals surface area contributed by atoms with Crippen LogP contribution in [0.3, 0.4) is 0 Å². The van der Waals surface area contributed by atoms with Crippen molar-refractivity contribution < 1.29 is 14.4 Å². The molecule has 2 aromatic carbocycles. The monoisotopic (exact) mass is 436 g/mol. The molecule has 0 unspecified atom stereocenters. The lowest BCUT2D eigenvalue weighted by molar-refractivity contribution is -0.133. The van der Waals surface area contributed by atoms with E-state index < -0.39 is 0 Å². The van der Waals surface area contributed by atoms with Gasteiger partial charge < -0.3 is 10.2 Å². The lowest BCUT2D eigenvalue weighted by atomic mass is 10.1. The highest BCUT2D eigenvalue weighted by atomic mass is 79.9. The second-order valence-electron chi connectivity index (χ2n) is 5.71. The first kappa shape index (κ1) is 20.1. The molecular weight excluding hydrogens is 420 g/mol. The van der Waals surface area contributed by atoms with Crippen molar-refractivity contribution in [3.8, 4) is 0 Å². The number of hydrogen-bond donors (Lipinski definition) is 1. The molecule has 0 saturated carbocycles. The molecule has 0 bridgehead atoms. The van der Waals surface area contributed by atoms with Gasteiger partial charge in [-0.2, -0.15) is 0 Å². The lowest BCUT2D eigenvalue weighted by Crippen LogP contribution is -2.35. The minimum atomic E-state index is -0.309. The van der Waals surface area contributed by atoms with Crippen molar-refractivity contribution in [3.63, 3.8) is 0 Å². The number of halogens is 2. The fourth-order valence-electron chi connectivity index (χ4n) is 2.25. The molecule has 2 rings (SSSR count). The molecule has 2 amide bonds. The van der Waals surface area contributed by atoms with Gasteiger partial charge in [-0.1, -0.05) is 23.7 Å². The van der Waals surface area contributed by atoms with Crippen LogP contribution >= 0.6 is 27.5 Å². The Morgan fingerprint density at radius 3 is 2.35 bits per heavy atom. The number of likely N-dealkylation sites (N-methyl/N-ethyl adjacent to an activating group) is 1. The molecule has 136 valence electrons. The Morgan fingerprint density at radius 2 is 1.69 bits per heavy atom. The molecule has 2 aromatic rings. The Hall–Kier alpha value is -2.18. The van der Waals surface area contributed by atoms with Crippen molar-refractivity contribution in [2.24, 2.45) is 0 Å². The van der Waals surface area contributed by atoms with E-state index in [-0.39, 0.29) is 37.0 Å². The number of benzene rings is 2. The van der Waals surface area contributed by atoms with E-state index in [1.54, 1.807) is 36.4 Å². The van der Waals surface area contributed by atoms with E-state index in [4.69, 9.17) is 11.6 Å². The fraction of sp³-hybridized carbons (Fsp3) is 0.211. The van der Waals surface area contributed by atoms with Crippen LogP contribution in [0.4, 0.5) is 5.69 Å². The van der Waals surface area contributed by atoms with Gasteiger partial charge in [0.15, 0.2) is 5.78 Å². The minimum absolute atomic E-state index is 0.0419. The van der Waals surface area contributed by atoms with E-state index in [0.717, 1.165) is 4.47 Å². The van der Waals surface area contributed by atoms with Crippen LogP contribution in [0.5, 0.6) is 0 Å². The number of nitrogens with zero attached hydrogens (tertiary/aromatic N) is 1. The quantitative estimate of drug-likeness (QED) is 0.661. The normalized spacial score (nSPS) is 10.3. The predicted molar refractivity (Wildman–Crippen MR) is 105 cm³/mol. The highest BCUT2D eigenvalue weighted by Gasteiger charge is 2.16. The molecule has 5 nitrogen and oxygen atoms in total. The maximum absolute atomic E-state index is 12.2. The molecule has 0 aromatic heterocycles. The Morgan fingerprint density at radius 1 is 1.04 bits per heavy atom. The summed E-state index contributed by atoms with van der Waals surface area (Å²) in [7, 11) is 1.54. The first-order chi connectivity index (χ1) is 12.4. The lowest BCUT2D eigenvalue weighted by Gasteiger charge is -2.17. The third kappa shape index (κ3) is 5.97. The molecule has 0 aliphatic carbocycles. The highest BCUT2D eigenvalue weighted by molar-refractivity contribution is 9.10. The fourth-order valence-corrected chi connectivity index (χ4v) is 2.76. The molecule has 0 spiro atoms. The molecule has 0 heterocycles. The van der Waals surface area contributed by atoms with Gasteiger partial charge in [-0.05, 0) is 52.3 Å². The van der Waals surface area contributed by atoms with Crippen LogP contribution in [0, 0.1) is 0 Å². The van der Waals surface area contributed by atoms with Gasteiger partial charge in [-0.25, -0.2) is 0 Å². The first-order valence-corrected chi connectivity index (χ1v) is 9.11. The third-order valence-electron chi connectivity index (χ3n) is 3.69. The molecule has 7 heteroatoms. The van der Waals surface area contributed by atoms with E-state index in [9.17, 15) is 14.4 Å². The number of Topliss-reactive ketones (excluding diaryl/α,β-unsaturated/α-hetero) is 1. The molecule has 0 fully saturated rings. The highest BCUT2D eigenvalue weighted by Crippen LogP contribution is 2.21. The predicted octanol–water partition coefficient (Wildman–Crippen LogP) is 4.16. The number of hydrogen-bond acceptors (Lipinski definition) is 3. The summed E-state index contributed by atoms with van der Waals surface area (Å²) in [6.07, 6.45) is 0.122. The van der Waals surface area contributed by atoms with Gasteiger partial charge in [0, 0.05) is 34.9 Å². The molecule has 1 N–H and O–H groups in total. The van der Waals surface area contributed by atoms with E-state index in [2.05, 4.69) is 21.2 Å². The molecule has 0 saturated heterocycles. The number of anilines is 1. The van der Waals surface area contributed by atoms with Crippen molar-refractivity contribution in [2.75, 3.05) is 18.9 Å². The zero-order valence-corrected chi connectivity index (χ0v) is 16.5. The van der Waals surface area contributed by atoms with Crippen LogP contribution in [0.1, 0.15) is 23.2 Å². The van der Waals surface area contributed by atoms with Gasteiger partial charge in [0.25, 0.3) is 0 Å². The van der Waals surface area contributed by atoms with Crippen molar-refractivity contribution >= 4 is 50.8 Å². The molecule has 0 radical (unpaired) electrons. The van der Waals surface area contributed by atoms with Crippen LogP contribution < -0.4 is 5.32 Å². The van der Waals surface area contributed by atoms with Gasteiger partial charge in [0.2, 0.25) is 11.8 Å². The summed E-state index contributed by atoms with van der Waals surface area (Å²) < 4.78 is 0.760. The first-order valence-electron chi connectivity index (χ1n) is 7.94. The minimum Gasteiger partial charge on any atom is -0.336 e. The van der Waals surface area contributed by atoms with Crippen molar-refractivity contribution in [1.82, 2.24) is 4.90 Å².